The van der Waals surface area contributed by atoms with Crippen molar-refractivity contribution in [2.45, 2.75) is 198 Å². The van der Waals surface area contributed by atoms with Crippen LogP contribution in [0.25, 0.3) is 0 Å². The van der Waals surface area contributed by atoms with Crippen LogP contribution in [0.1, 0.15) is 13.8 Å². The van der Waals surface area contributed by atoms with Crippen LogP contribution in [-0.4, -0.2) is 327 Å². The maximum Gasteiger partial charge on any atom is 0.217 e. The lowest BCUT2D eigenvalue weighted by atomic mass is 9.94. The third kappa shape index (κ3) is 13.0. The van der Waals surface area contributed by atoms with Crippen molar-refractivity contribution < 1.29 is 154 Å². The zero-order valence-corrected chi connectivity index (χ0v) is 38.9. The first-order chi connectivity index (χ1) is 34.5. The van der Waals surface area contributed by atoms with Gasteiger partial charge >= 0.3 is 0 Å². The van der Waals surface area contributed by atoms with Crippen LogP contribution < -0.4 is 10.6 Å². The van der Waals surface area contributed by atoms with Crippen LogP contribution in [0.2, 0.25) is 0 Å². The van der Waals surface area contributed by atoms with Gasteiger partial charge in [0.25, 0.3) is 0 Å². The smallest absolute Gasteiger partial charge is 0.217 e. The van der Waals surface area contributed by atoms with Crippen molar-refractivity contribution in [2.24, 2.45) is 0 Å². The van der Waals surface area contributed by atoms with Gasteiger partial charge in [-0.25, -0.2) is 0 Å². The first-order valence-electron chi connectivity index (χ1n) is 23.1. The van der Waals surface area contributed by atoms with E-state index in [2.05, 4.69) is 10.6 Å². The molecule has 0 aliphatic carbocycles. The Balaban J connectivity index is 1.21. The van der Waals surface area contributed by atoms with Crippen molar-refractivity contribution >= 4 is 11.8 Å². The number of carbonyl (C=O) groups excluding carboxylic acids is 2. The van der Waals surface area contributed by atoms with Crippen molar-refractivity contribution in [3.8, 4) is 0 Å². The molecule has 6 aliphatic rings. The second kappa shape index (κ2) is 26.0. The first-order valence-corrected chi connectivity index (χ1v) is 23.1. The van der Waals surface area contributed by atoms with E-state index in [1.807, 2.05) is 0 Å². The quantitative estimate of drug-likeness (QED) is 0.0606. The monoisotopic (exact) mass is 1070 g/mol. The Hall–Kier alpha value is -2.22. The second-order valence-corrected chi connectivity index (χ2v) is 18.3. The van der Waals surface area contributed by atoms with Gasteiger partial charge in [0.1, 0.15) is 146 Å². The predicted octanol–water partition coefficient (Wildman–Crippen LogP) is -13.8. The summed E-state index contributed by atoms with van der Waals surface area (Å²) in [5.41, 5.74) is 0. The molecule has 0 bridgehead atoms. The number of rotatable bonds is 18. The molecule has 0 aromatic rings. The minimum Gasteiger partial charge on any atom is -0.394 e. The minimum atomic E-state index is -2.25. The molecule has 0 aromatic carbocycles. The summed E-state index contributed by atoms with van der Waals surface area (Å²) in [6, 6.07) is -3.35. The van der Waals surface area contributed by atoms with E-state index >= 15 is 0 Å². The summed E-state index contributed by atoms with van der Waals surface area (Å²) >= 11 is 0. The van der Waals surface area contributed by atoms with E-state index in [-0.39, 0.29) is 0 Å². The van der Waals surface area contributed by atoms with Gasteiger partial charge in [-0.3, -0.25) is 9.59 Å². The molecule has 6 saturated heterocycles. The number of aliphatic hydroxyl groups is 18. The van der Waals surface area contributed by atoms with Gasteiger partial charge in [0.15, 0.2) is 37.7 Å². The van der Waals surface area contributed by atoms with Crippen molar-refractivity contribution in [1.29, 1.82) is 0 Å². The number of aliphatic hydroxyl groups excluding tert-OH is 18. The van der Waals surface area contributed by atoms with E-state index in [4.69, 9.17) is 52.1 Å². The Labute approximate surface area is 413 Å². The van der Waals surface area contributed by atoms with E-state index in [1.165, 1.54) is 0 Å². The Kier molecular flexibility index (Phi) is 21.3. The molecule has 424 valence electrons. The Morgan fingerprint density at radius 3 is 1.23 bits per heavy atom. The zero-order chi connectivity index (χ0) is 53.9. The minimum absolute atomic E-state index is 0.767. The van der Waals surface area contributed by atoms with Crippen LogP contribution in [-0.2, 0) is 61.7 Å². The molecule has 20 N–H and O–H groups in total. The van der Waals surface area contributed by atoms with Crippen LogP contribution in [0.4, 0.5) is 0 Å². The summed E-state index contributed by atoms with van der Waals surface area (Å²) in [7, 11) is 0. The molecule has 0 spiro atoms. The van der Waals surface area contributed by atoms with Crippen LogP contribution in [0, 0.1) is 0 Å². The van der Waals surface area contributed by atoms with Gasteiger partial charge in [-0.1, -0.05) is 0 Å². The number of hydrogen-bond donors (Lipinski definition) is 20. The van der Waals surface area contributed by atoms with E-state index in [9.17, 15) is 102 Å². The molecule has 6 rings (SSSR count). The van der Waals surface area contributed by atoms with Gasteiger partial charge in [0, 0.05) is 13.8 Å². The molecule has 33 heteroatoms. The van der Waals surface area contributed by atoms with Gasteiger partial charge in [-0.15, -0.1) is 0 Å². The summed E-state index contributed by atoms with van der Waals surface area (Å²) in [6.07, 6.45) is -53.2. The topological polar surface area (TPSA) is 524 Å². The number of hydrogen-bond acceptors (Lipinski definition) is 31. The SMILES string of the molecule is CC(=O)N[C@H]1[C@H](O[C@@H]2[C@@H](OC[C@H]3OC(O)[C@@H](O)[C@@H](O[C@H]4O[C@H](CO)[C@@H](O)[C@H](O)[C@@H]4O[C@@H]4O[C@H](CO)[C@@H](O)[C@H](O)[C@H]4NC(C)=O)[C@@H]3O)O[C@H](CO)[C@@H](O)[C@@H]2O)O[C@H](CO)[C@@H](O[C@@H]2O[C@H](CO)[C@H](O)[C@H](O)[C@H]2O)[C@@H]1O. The maximum atomic E-state index is 12.5. The highest BCUT2D eigenvalue weighted by Gasteiger charge is 2.57. The molecule has 0 aromatic heterocycles. The van der Waals surface area contributed by atoms with Crippen molar-refractivity contribution in [3.05, 3.63) is 0 Å². The van der Waals surface area contributed by atoms with Crippen LogP contribution in [0.15, 0.2) is 0 Å². The summed E-state index contributed by atoms with van der Waals surface area (Å²) in [5.74, 6) is -1.60. The molecule has 1 unspecified atom stereocenters. The number of nitrogens with one attached hydrogen (secondary N) is 2. The Bertz CT molecular complexity index is 1750. The summed E-state index contributed by atoms with van der Waals surface area (Å²) in [6.45, 7) is -3.56. The van der Waals surface area contributed by atoms with Crippen molar-refractivity contribution in [3.63, 3.8) is 0 Å². The average Bonchev–Trinajstić information content (AvgIpc) is 3.35. The molecule has 33 nitrogen and oxygen atoms in total. The Morgan fingerprint density at radius 2 is 0.740 bits per heavy atom. The van der Waals surface area contributed by atoms with Gasteiger partial charge in [0.05, 0.1) is 39.6 Å². The predicted molar refractivity (Wildman–Crippen MR) is 222 cm³/mol. The third-order valence-corrected chi connectivity index (χ3v) is 13.2. The van der Waals surface area contributed by atoms with Crippen LogP contribution >= 0.6 is 0 Å². The normalized spacial score (nSPS) is 49.8. The molecule has 6 heterocycles. The largest absolute Gasteiger partial charge is 0.394 e. The summed E-state index contributed by atoms with van der Waals surface area (Å²) < 4.78 is 62.7. The number of ether oxygens (including phenoxy) is 11. The van der Waals surface area contributed by atoms with Gasteiger partial charge in [-0.05, 0) is 0 Å². The second-order valence-electron chi connectivity index (χ2n) is 18.3. The molecule has 6 fully saturated rings. The first kappa shape index (κ1) is 60.0. The highest BCUT2D eigenvalue weighted by atomic mass is 16.8. The Morgan fingerprint density at radius 1 is 0.356 bits per heavy atom. The lowest BCUT2D eigenvalue weighted by molar-refractivity contribution is -0.386. The van der Waals surface area contributed by atoms with E-state index in [1.54, 1.807) is 0 Å². The van der Waals surface area contributed by atoms with Gasteiger partial charge in [0.2, 0.25) is 11.8 Å². The van der Waals surface area contributed by atoms with Gasteiger partial charge < -0.3 is 155 Å². The summed E-state index contributed by atoms with van der Waals surface area (Å²) in [4.78, 5) is 24.5. The molecule has 0 radical (unpaired) electrons. The lowest BCUT2D eigenvalue weighted by Gasteiger charge is -2.49. The molecule has 30 atom stereocenters. The van der Waals surface area contributed by atoms with E-state index < -0.39 is 236 Å². The molecule has 73 heavy (non-hydrogen) atoms. The van der Waals surface area contributed by atoms with Crippen LogP contribution in [0.5, 0.6) is 0 Å². The fraction of sp³-hybridized carbons (Fsp3) is 0.950. The molecule has 0 saturated carbocycles. The molecular weight excluding hydrogens is 1000 g/mol. The number of carbonyl (C=O) groups is 2. The number of amides is 2. The van der Waals surface area contributed by atoms with Crippen LogP contribution in [0.3, 0.4) is 0 Å². The highest BCUT2D eigenvalue weighted by Crippen LogP contribution is 2.36. The molecular formula is C40H68N2O31. The maximum absolute atomic E-state index is 12.5. The third-order valence-electron chi connectivity index (χ3n) is 13.2. The summed E-state index contributed by atoms with van der Waals surface area (Å²) in [5, 5.41) is 196. The standard InChI is InChI=1S/C40H68N2O31/c1-9(48)41-17-24(55)19(50)11(3-43)65-36(17)73-34-28(59)22(53)14(6-46)68-40(34)71-32-23(54)16(64-35(62)30(32)61)8-63-39-33(27(58)21(52)13(5-45)67-39)72-37-18(42-10(2)49)25(56)31(15(7-47)69-37)70-38-29(60)26(57)20(51)12(4-44)66-38/h11-40,43-47,50-62H,3-8H2,1-2H3,(H,41,48)(H,42,49)/t11-,12-,13-,14-,15-,16-,17-,18-,19-,20+,21-,22-,23-,24-,25-,26+,27+,28+,29-,30+,31-,32+,33+,34+,35?,36+,37+,38+,39+,40-/m1/s1. The van der Waals surface area contributed by atoms with E-state index in [0.717, 1.165) is 13.8 Å². The van der Waals surface area contributed by atoms with Gasteiger partial charge in [-0.2, -0.15) is 0 Å². The van der Waals surface area contributed by atoms with Crippen molar-refractivity contribution in [2.75, 3.05) is 39.6 Å². The fourth-order valence-electron chi connectivity index (χ4n) is 9.18. The zero-order valence-electron chi connectivity index (χ0n) is 38.9. The fourth-order valence-corrected chi connectivity index (χ4v) is 9.18. The molecule has 6 aliphatic heterocycles. The van der Waals surface area contributed by atoms with Crippen molar-refractivity contribution in [1.82, 2.24) is 10.6 Å². The highest BCUT2D eigenvalue weighted by molar-refractivity contribution is 5.73. The van der Waals surface area contributed by atoms with E-state index in [0.29, 0.717) is 0 Å². The molecule has 2 amide bonds. The average molecular weight is 1070 g/mol. The lowest BCUT2D eigenvalue weighted by Crippen LogP contribution is -2.69.